The Morgan fingerprint density at radius 2 is 1.44 bits per heavy atom. The van der Waals surface area contributed by atoms with Gasteiger partial charge in [-0.05, 0) is 49.2 Å². The molecule has 1 aliphatic carbocycles. The molecule has 16 heteroatoms. The van der Waals surface area contributed by atoms with Crippen LogP contribution in [0.15, 0.2) is 52.3 Å². The van der Waals surface area contributed by atoms with Crippen LogP contribution in [0, 0.1) is 5.82 Å². The van der Waals surface area contributed by atoms with Crippen molar-refractivity contribution in [2.45, 2.75) is 30.0 Å². The van der Waals surface area contributed by atoms with Crippen LogP contribution in [0.5, 0.6) is 0 Å². The van der Waals surface area contributed by atoms with Crippen LogP contribution in [-0.4, -0.2) is 96.6 Å². The van der Waals surface area contributed by atoms with Crippen LogP contribution in [0.4, 0.5) is 28.0 Å². The van der Waals surface area contributed by atoms with E-state index in [4.69, 9.17) is 0 Å². The van der Waals surface area contributed by atoms with Crippen LogP contribution in [0.2, 0.25) is 0 Å². The molecule has 45 heavy (non-hydrogen) atoms. The SMILES string of the molecule is O=C(O)c1cn(C2CC2)c2cc(N3CCN(C(=O)N4CCN(S(=O)(=O)c5ccc(C(F)(F)F)cc5)CC4)CC3)c(F)cc2c1=O. The minimum Gasteiger partial charge on any atom is -0.477 e. The molecule has 6 rings (SSSR count). The van der Waals surface area contributed by atoms with Crippen LogP contribution in [0.1, 0.15) is 34.8 Å². The van der Waals surface area contributed by atoms with E-state index in [1.54, 1.807) is 20.4 Å². The largest absolute Gasteiger partial charge is 0.477 e. The number of sulfonamides is 1. The van der Waals surface area contributed by atoms with Gasteiger partial charge in [0.25, 0.3) is 0 Å². The predicted octanol–water partition coefficient (Wildman–Crippen LogP) is 3.44. The normalized spacial score (nSPS) is 18.4. The van der Waals surface area contributed by atoms with Gasteiger partial charge < -0.3 is 24.4 Å². The second-order valence-electron chi connectivity index (χ2n) is 11.3. The summed E-state index contributed by atoms with van der Waals surface area (Å²) >= 11 is 0. The van der Waals surface area contributed by atoms with Crippen molar-refractivity contribution >= 4 is 38.6 Å². The summed E-state index contributed by atoms with van der Waals surface area (Å²) in [6, 6.07) is 5.65. The summed E-state index contributed by atoms with van der Waals surface area (Å²) in [6.07, 6.45) is -1.63. The molecule has 240 valence electrons. The molecule has 2 aromatic carbocycles. The summed E-state index contributed by atoms with van der Waals surface area (Å²) in [6.45, 7) is 1.23. The summed E-state index contributed by atoms with van der Waals surface area (Å²) in [5.41, 5.74) is -1.41. The van der Waals surface area contributed by atoms with Gasteiger partial charge in [0, 0.05) is 70.0 Å². The molecule has 2 amide bonds. The van der Waals surface area contributed by atoms with Crippen LogP contribution < -0.4 is 10.3 Å². The second-order valence-corrected chi connectivity index (χ2v) is 13.2. The number of aromatic carboxylic acids is 1. The molecule has 0 spiro atoms. The Kier molecular flexibility index (Phi) is 7.75. The molecule has 3 fully saturated rings. The quantitative estimate of drug-likeness (QED) is 0.420. The van der Waals surface area contributed by atoms with Crippen molar-refractivity contribution in [3.05, 3.63) is 69.8 Å². The molecular formula is C29H29F4N5O6S. The highest BCUT2D eigenvalue weighted by atomic mass is 32.2. The van der Waals surface area contributed by atoms with E-state index in [-0.39, 0.29) is 80.4 Å². The van der Waals surface area contributed by atoms with Crippen molar-refractivity contribution in [3.8, 4) is 0 Å². The number of carbonyl (C=O) groups excluding carboxylic acids is 1. The molecule has 1 saturated carbocycles. The van der Waals surface area contributed by atoms with Crippen molar-refractivity contribution in [2.24, 2.45) is 0 Å². The van der Waals surface area contributed by atoms with E-state index in [0.717, 1.165) is 47.5 Å². The zero-order chi connectivity index (χ0) is 32.3. The van der Waals surface area contributed by atoms with Gasteiger partial charge in [0.05, 0.1) is 21.7 Å². The first-order valence-corrected chi connectivity index (χ1v) is 15.8. The molecule has 0 unspecified atom stereocenters. The molecule has 0 radical (unpaired) electrons. The van der Waals surface area contributed by atoms with Crippen LogP contribution in [-0.2, 0) is 16.2 Å². The fourth-order valence-corrected chi connectivity index (χ4v) is 7.25. The zero-order valence-electron chi connectivity index (χ0n) is 23.8. The number of amides is 2. The van der Waals surface area contributed by atoms with E-state index >= 15 is 4.39 Å². The number of benzene rings is 2. The van der Waals surface area contributed by atoms with E-state index in [2.05, 4.69) is 0 Å². The number of urea groups is 1. The number of pyridine rings is 1. The van der Waals surface area contributed by atoms with Gasteiger partial charge in [0.1, 0.15) is 11.4 Å². The van der Waals surface area contributed by atoms with Crippen molar-refractivity contribution < 1.29 is 40.7 Å². The van der Waals surface area contributed by atoms with Crippen LogP contribution in [0.25, 0.3) is 10.9 Å². The minimum atomic E-state index is -4.59. The first-order valence-electron chi connectivity index (χ1n) is 14.3. The molecule has 2 aliphatic heterocycles. The molecular weight excluding hydrogens is 622 g/mol. The fraction of sp³-hybridized carbons (Fsp3) is 0.414. The maximum absolute atomic E-state index is 15.3. The van der Waals surface area contributed by atoms with E-state index < -0.39 is 44.5 Å². The van der Waals surface area contributed by atoms with Crippen molar-refractivity contribution in [3.63, 3.8) is 0 Å². The first kappa shape index (κ1) is 30.8. The topological polar surface area (TPSA) is 123 Å². The molecule has 0 bridgehead atoms. The Labute approximate surface area is 254 Å². The van der Waals surface area contributed by atoms with E-state index in [0.29, 0.717) is 5.52 Å². The number of fused-ring (bicyclic) bond motifs is 1. The molecule has 2 saturated heterocycles. The van der Waals surface area contributed by atoms with Gasteiger partial charge in [-0.2, -0.15) is 17.5 Å². The Bertz CT molecular complexity index is 1830. The lowest BCUT2D eigenvalue weighted by Gasteiger charge is -2.41. The van der Waals surface area contributed by atoms with Gasteiger partial charge >= 0.3 is 18.2 Å². The molecule has 0 atom stereocenters. The Morgan fingerprint density at radius 3 is 1.98 bits per heavy atom. The van der Waals surface area contributed by atoms with E-state index in [1.165, 1.54) is 11.1 Å². The molecule has 11 nitrogen and oxygen atoms in total. The zero-order valence-corrected chi connectivity index (χ0v) is 24.7. The average Bonchev–Trinajstić information content (AvgIpc) is 3.86. The number of carboxylic acids is 1. The standard InChI is InChI=1S/C29H29F4N5O6S/c30-23-15-21-24(38(19-3-4-19)17-22(26(21)39)27(40)41)16-25(23)34-7-9-35(10-8-34)28(42)36-11-13-37(14-12-36)45(43,44)20-5-1-18(2-6-20)29(31,32)33/h1-2,5-6,15-17,19H,3-4,7-14H2,(H,40,41). The number of aromatic nitrogens is 1. The highest BCUT2D eigenvalue weighted by Crippen LogP contribution is 2.38. The number of hydrogen-bond donors (Lipinski definition) is 1. The Hall–Kier alpha value is -4.18. The molecule has 1 N–H and O–H groups in total. The van der Waals surface area contributed by atoms with Gasteiger partial charge in [-0.25, -0.2) is 22.4 Å². The third-order valence-corrected chi connectivity index (χ3v) is 10.4. The number of carboxylic acid groups (broad SMARTS) is 1. The van der Waals surface area contributed by atoms with Crippen LogP contribution in [0.3, 0.4) is 0 Å². The second kappa shape index (κ2) is 11.3. The van der Waals surface area contributed by atoms with E-state index in [1.807, 2.05) is 0 Å². The number of piperazine rings is 2. The van der Waals surface area contributed by atoms with Gasteiger partial charge in [-0.1, -0.05) is 0 Å². The lowest BCUT2D eigenvalue weighted by molar-refractivity contribution is -0.137. The number of alkyl halides is 3. The van der Waals surface area contributed by atoms with Gasteiger partial charge in [-0.3, -0.25) is 4.79 Å². The lowest BCUT2D eigenvalue weighted by atomic mass is 10.1. The monoisotopic (exact) mass is 651 g/mol. The van der Waals surface area contributed by atoms with Gasteiger partial charge in [-0.15, -0.1) is 0 Å². The first-order chi connectivity index (χ1) is 21.3. The minimum absolute atomic E-state index is 0.00339. The smallest absolute Gasteiger partial charge is 0.416 e. The summed E-state index contributed by atoms with van der Waals surface area (Å²) in [5.74, 6) is -2.04. The summed E-state index contributed by atoms with van der Waals surface area (Å²) in [4.78, 5) is 42.2. The molecule has 1 aromatic heterocycles. The number of halogens is 4. The summed E-state index contributed by atoms with van der Waals surface area (Å²) in [7, 11) is -4.05. The highest BCUT2D eigenvalue weighted by molar-refractivity contribution is 7.89. The van der Waals surface area contributed by atoms with Gasteiger partial charge in [0.15, 0.2) is 0 Å². The van der Waals surface area contributed by atoms with Gasteiger partial charge in [0.2, 0.25) is 15.5 Å². The van der Waals surface area contributed by atoms with Crippen LogP contribution >= 0.6 is 0 Å². The predicted molar refractivity (Wildman–Crippen MR) is 154 cm³/mol. The van der Waals surface area contributed by atoms with E-state index in [9.17, 15) is 41.1 Å². The number of carbonyl (C=O) groups is 2. The van der Waals surface area contributed by atoms with Crippen molar-refractivity contribution in [1.29, 1.82) is 0 Å². The number of nitrogens with zero attached hydrogens (tertiary/aromatic N) is 5. The maximum atomic E-state index is 15.3. The Balaban J connectivity index is 1.10. The fourth-order valence-electron chi connectivity index (χ4n) is 5.83. The highest BCUT2D eigenvalue weighted by Gasteiger charge is 2.35. The summed E-state index contributed by atoms with van der Waals surface area (Å²) < 4.78 is 82.7. The molecule has 3 heterocycles. The number of hydrogen-bond acceptors (Lipinski definition) is 6. The Morgan fingerprint density at radius 1 is 0.867 bits per heavy atom. The number of rotatable bonds is 5. The lowest BCUT2D eigenvalue weighted by Crippen LogP contribution is -2.57. The van der Waals surface area contributed by atoms with Crippen molar-refractivity contribution in [1.82, 2.24) is 18.7 Å². The average molecular weight is 652 g/mol. The third kappa shape index (κ3) is 5.83. The molecule has 3 aromatic rings. The third-order valence-electron chi connectivity index (χ3n) is 8.49. The van der Waals surface area contributed by atoms with Crippen molar-refractivity contribution in [2.75, 3.05) is 57.3 Å². The summed E-state index contributed by atoms with van der Waals surface area (Å²) in [5, 5.41) is 9.46. The molecule has 3 aliphatic rings. The number of anilines is 1. The maximum Gasteiger partial charge on any atom is 0.416 e.